The summed E-state index contributed by atoms with van der Waals surface area (Å²) in [6.45, 7) is 8.40. The Balaban J connectivity index is 3.21. The van der Waals surface area contributed by atoms with Crippen LogP contribution in [0, 0.1) is 10.1 Å². The minimum Gasteiger partial charge on any atom is -0.374 e. The zero-order valence-electron chi connectivity index (χ0n) is 13.0. The number of amides is 1. The molecule has 0 atom stereocenters. The molecule has 0 saturated carbocycles. The molecule has 6 heteroatoms. The van der Waals surface area contributed by atoms with E-state index in [-0.39, 0.29) is 17.1 Å². The van der Waals surface area contributed by atoms with Crippen molar-refractivity contribution in [3.63, 3.8) is 0 Å². The Morgan fingerprint density at radius 1 is 1.29 bits per heavy atom. The molecule has 0 aromatic heterocycles. The zero-order valence-corrected chi connectivity index (χ0v) is 13.0. The van der Waals surface area contributed by atoms with Gasteiger partial charge in [-0.15, -0.1) is 0 Å². The van der Waals surface area contributed by atoms with E-state index < -0.39 is 4.92 Å². The molecule has 116 valence electrons. The number of rotatable bonds is 7. The molecule has 0 saturated heterocycles. The van der Waals surface area contributed by atoms with Crippen LogP contribution in [-0.4, -0.2) is 22.9 Å². The van der Waals surface area contributed by atoms with Gasteiger partial charge in [-0.25, -0.2) is 0 Å². The number of benzene rings is 1. The van der Waals surface area contributed by atoms with Crippen LogP contribution in [-0.2, 0) is 0 Å². The van der Waals surface area contributed by atoms with Crippen molar-refractivity contribution in [2.24, 2.45) is 0 Å². The molecule has 1 amide bonds. The highest BCUT2D eigenvalue weighted by molar-refractivity contribution is 5.95. The van der Waals surface area contributed by atoms with Crippen LogP contribution in [0.4, 0.5) is 11.4 Å². The van der Waals surface area contributed by atoms with E-state index in [1.54, 1.807) is 6.07 Å². The molecule has 0 spiro atoms. The molecule has 0 radical (unpaired) electrons. The van der Waals surface area contributed by atoms with E-state index in [4.69, 9.17) is 0 Å². The van der Waals surface area contributed by atoms with Crippen molar-refractivity contribution in [2.45, 2.75) is 46.1 Å². The van der Waals surface area contributed by atoms with E-state index in [0.717, 1.165) is 12.8 Å². The molecule has 0 aliphatic rings. The fraction of sp³-hybridized carbons (Fsp3) is 0.533. The van der Waals surface area contributed by atoms with Crippen molar-refractivity contribution >= 4 is 17.3 Å². The summed E-state index contributed by atoms with van der Waals surface area (Å²) in [4.78, 5) is 22.6. The Morgan fingerprint density at radius 3 is 2.38 bits per heavy atom. The number of carbonyl (C=O) groups excluding carboxylic acids is 1. The first-order chi connectivity index (χ1) is 9.86. The smallest absolute Gasteiger partial charge is 0.292 e. The van der Waals surface area contributed by atoms with E-state index >= 15 is 0 Å². The molecule has 21 heavy (non-hydrogen) atoms. The SMILES string of the molecule is CCNC(=O)c1ccc([N+](=O)[O-])c(NC(C)(CC)CC)c1. The van der Waals surface area contributed by atoms with E-state index in [1.807, 2.05) is 27.7 Å². The van der Waals surface area contributed by atoms with Gasteiger partial charge in [-0.1, -0.05) is 13.8 Å². The fourth-order valence-electron chi connectivity index (χ4n) is 1.95. The summed E-state index contributed by atoms with van der Waals surface area (Å²) in [5.41, 5.74) is 0.538. The second kappa shape index (κ2) is 7.06. The van der Waals surface area contributed by atoms with Crippen LogP contribution >= 0.6 is 0 Å². The van der Waals surface area contributed by atoms with Gasteiger partial charge in [0.1, 0.15) is 5.69 Å². The predicted octanol–water partition coefficient (Wildman–Crippen LogP) is 3.34. The molecule has 1 aromatic carbocycles. The highest BCUT2D eigenvalue weighted by Crippen LogP contribution is 2.30. The van der Waals surface area contributed by atoms with Gasteiger partial charge in [-0.3, -0.25) is 14.9 Å². The van der Waals surface area contributed by atoms with Crippen LogP contribution in [0.3, 0.4) is 0 Å². The molecule has 6 nitrogen and oxygen atoms in total. The van der Waals surface area contributed by atoms with Gasteiger partial charge in [0.15, 0.2) is 0 Å². The van der Waals surface area contributed by atoms with Crippen LogP contribution in [0.25, 0.3) is 0 Å². The summed E-state index contributed by atoms with van der Waals surface area (Å²) < 4.78 is 0. The number of nitro groups is 1. The summed E-state index contributed by atoms with van der Waals surface area (Å²) in [5, 5.41) is 17.1. The molecule has 2 N–H and O–H groups in total. The summed E-state index contributed by atoms with van der Waals surface area (Å²) >= 11 is 0. The second-order valence-corrected chi connectivity index (χ2v) is 5.24. The van der Waals surface area contributed by atoms with Crippen LogP contribution in [0.2, 0.25) is 0 Å². The van der Waals surface area contributed by atoms with Gasteiger partial charge in [-0.2, -0.15) is 0 Å². The van der Waals surface area contributed by atoms with Gasteiger partial charge in [0, 0.05) is 23.7 Å². The zero-order chi connectivity index (χ0) is 16.0. The van der Waals surface area contributed by atoms with Crippen LogP contribution < -0.4 is 10.6 Å². The third-order valence-electron chi connectivity index (χ3n) is 3.79. The topological polar surface area (TPSA) is 84.3 Å². The average molecular weight is 293 g/mol. The van der Waals surface area contributed by atoms with Gasteiger partial charge in [-0.05, 0) is 38.8 Å². The molecule has 0 heterocycles. The maximum atomic E-state index is 11.9. The standard InChI is InChI=1S/C15H23N3O3/c1-5-15(4,6-2)17-12-10-11(14(19)16-7-3)8-9-13(12)18(20)21/h8-10,17H,5-7H2,1-4H3,(H,16,19). The van der Waals surface area contributed by atoms with Crippen LogP contribution in [0.15, 0.2) is 18.2 Å². The minimum atomic E-state index is -0.435. The highest BCUT2D eigenvalue weighted by Gasteiger charge is 2.24. The fourth-order valence-corrected chi connectivity index (χ4v) is 1.95. The van der Waals surface area contributed by atoms with Crippen molar-refractivity contribution < 1.29 is 9.72 Å². The summed E-state index contributed by atoms with van der Waals surface area (Å²) in [7, 11) is 0. The number of nitrogens with zero attached hydrogens (tertiary/aromatic N) is 1. The minimum absolute atomic E-state index is 0.0174. The van der Waals surface area contributed by atoms with Crippen molar-refractivity contribution in [1.29, 1.82) is 0 Å². The number of hydrogen-bond acceptors (Lipinski definition) is 4. The van der Waals surface area contributed by atoms with Crippen molar-refractivity contribution in [2.75, 3.05) is 11.9 Å². The monoisotopic (exact) mass is 293 g/mol. The molecule has 0 unspecified atom stereocenters. The molecule has 0 bridgehead atoms. The summed E-state index contributed by atoms with van der Waals surface area (Å²) in [6.07, 6.45) is 1.65. The summed E-state index contributed by atoms with van der Waals surface area (Å²) in [5.74, 6) is -0.231. The normalized spacial score (nSPS) is 11.0. The van der Waals surface area contributed by atoms with E-state index in [9.17, 15) is 14.9 Å². The quantitative estimate of drug-likeness (QED) is 0.596. The van der Waals surface area contributed by atoms with Gasteiger partial charge in [0.2, 0.25) is 0 Å². The number of anilines is 1. The molecular weight excluding hydrogens is 270 g/mol. The maximum absolute atomic E-state index is 11.9. The molecule has 1 aromatic rings. The Hall–Kier alpha value is -2.11. The van der Waals surface area contributed by atoms with Crippen LogP contribution in [0.1, 0.15) is 50.9 Å². The first kappa shape index (κ1) is 16.9. The number of carbonyl (C=O) groups is 1. The van der Waals surface area contributed by atoms with Crippen LogP contribution in [0.5, 0.6) is 0 Å². The largest absolute Gasteiger partial charge is 0.374 e. The van der Waals surface area contributed by atoms with E-state index in [1.165, 1.54) is 12.1 Å². The molecular formula is C15H23N3O3. The highest BCUT2D eigenvalue weighted by atomic mass is 16.6. The van der Waals surface area contributed by atoms with Crippen molar-refractivity contribution in [3.8, 4) is 0 Å². The lowest BCUT2D eigenvalue weighted by Crippen LogP contribution is -2.33. The van der Waals surface area contributed by atoms with Crippen molar-refractivity contribution in [3.05, 3.63) is 33.9 Å². The number of nitro benzene ring substituents is 1. The van der Waals surface area contributed by atoms with Gasteiger partial charge >= 0.3 is 0 Å². The Labute approximate surface area is 125 Å². The lowest BCUT2D eigenvalue weighted by atomic mass is 9.94. The average Bonchev–Trinajstić information content (AvgIpc) is 2.47. The van der Waals surface area contributed by atoms with Crippen molar-refractivity contribution in [1.82, 2.24) is 5.32 Å². The molecule has 0 aliphatic heterocycles. The first-order valence-corrected chi connectivity index (χ1v) is 7.21. The lowest BCUT2D eigenvalue weighted by Gasteiger charge is -2.29. The lowest BCUT2D eigenvalue weighted by molar-refractivity contribution is -0.384. The number of hydrogen-bond donors (Lipinski definition) is 2. The third kappa shape index (κ3) is 4.18. The predicted molar refractivity (Wildman–Crippen MR) is 83.7 cm³/mol. The maximum Gasteiger partial charge on any atom is 0.292 e. The van der Waals surface area contributed by atoms with Gasteiger partial charge in [0.25, 0.3) is 11.6 Å². The van der Waals surface area contributed by atoms with E-state index in [0.29, 0.717) is 17.8 Å². The molecule has 0 fully saturated rings. The molecule has 0 aliphatic carbocycles. The Kier molecular flexibility index (Phi) is 5.69. The Morgan fingerprint density at radius 2 is 1.90 bits per heavy atom. The summed E-state index contributed by atoms with van der Waals surface area (Å²) in [6, 6.07) is 4.40. The first-order valence-electron chi connectivity index (χ1n) is 7.21. The molecule has 1 rings (SSSR count). The number of nitrogens with one attached hydrogen (secondary N) is 2. The van der Waals surface area contributed by atoms with Gasteiger partial charge < -0.3 is 10.6 Å². The van der Waals surface area contributed by atoms with E-state index in [2.05, 4.69) is 10.6 Å². The second-order valence-electron chi connectivity index (χ2n) is 5.24. The third-order valence-corrected chi connectivity index (χ3v) is 3.79. The Bertz CT molecular complexity index is 525. The van der Waals surface area contributed by atoms with Gasteiger partial charge in [0.05, 0.1) is 4.92 Å².